The number of allylic oxidation sites excluding steroid dienone is 2. The molecule has 2 aromatic heterocycles. The summed E-state index contributed by atoms with van der Waals surface area (Å²) in [5.74, 6) is 1.34. The highest BCUT2D eigenvalue weighted by Crippen LogP contribution is 2.44. The van der Waals surface area contributed by atoms with Gasteiger partial charge in [-0.15, -0.1) is 21.2 Å². The molecule has 2 bridgehead atoms. The quantitative estimate of drug-likeness (QED) is 0.681. The van der Waals surface area contributed by atoms with E-state index in [1.54, 1.807) is 17.4 Å². The highest BCUT2D eigenvalue weighted by molar-refractivity contribution is 7.13. The van der Waals surface area contributed by atoms with Gasteiger partial charge in [-0.25, -0.2) is 5.43 Å². The first-order valence-corrected chi connectivity index (χ1v) is 10.5. The van der Waals surface area contributed by atoms with E-state index in [1.807, 2.05) is 36.6 Å². The first kappa shape index (κ1) is 17.4. The second-order valence-electron chi connectivity index (χ2n) is 7.82. The van der Waals surface area contributed by atoms with E-state index in [0.29, 0.717) is 29.6 Å². The van der Waals surface area contributed by atoms with Gasteiger partial charge in [-0.3, -0.25) is 9.59 Å². The first-order chi connectivity index (χ1) is 13.6. The van der Waals surface area contributed by atoms with E-state index in [1.165, 1.54) is 0 Å². The van der Waals surface area contributed by atoms with Crippen molar-refractivity contribution in [3.8, 4) is 10.6 Å². The van der Waals surface area contributed by atoms with Gasteiger partial charge in [-0.2, -0.15) is 0 Å². The third kappa shape index (κ3) is 2.88. The molecule has 28 heavy (non-hydrogen) atoms. The Balaban J connectivity index is 1.50. The lowest BCUT2D eigenvalue weighted by Crippen LogP contribution is -2.36. The fourth-order valence-electron chi connectivity index (χ4n) is 4.58. The summed E-state index contributed by atoms with van der Waals surface area (Å²) < 4.78 is 0. The lowest BCUT2D eigenvalue weighted by Gasteiger charge is -2.18. The fourth-order valence-corrected chi connectivity index (χ4v) is 5.50. The smallest absolute Gasteiger partial charge is 0.273 e. The molecule has 2 aliphatic carbocycles. The maximum atomic E-state index is 12.9. The van der Waals surface area contributed by atoms with Gasteiger partial charge in [0.05, 0.1) is 10.3 Å². The van der Waals surface area contributed by atoms with Crippen LogP contribution in [0.2, 0.25) is 0 Å². The van der Waals surface area contributed by atoms with Gasteiger partial charge in [-0.05, 0) is 60.6 Å². The Kier molecular flexibility index (Phi) is 4.16. The summed E-state index contributed by atoms with van der Waals surface area (Å²) >= 11 is 1.59. The third-order valence-corrected chi connectivity index (χ3v) is 7.00. The molecule has 1 fully saturated rings. The molecule has 0 radical (unpaired) electrons. The van der Waals surface area contributed by atoms with Gasteiger partial charge < -0.3 is 0 Å². The standard InChI is InChI=1S/C22H21N3O2S/c1-13-8-9-28-21(13)20-17-4-2-3-5-18(17)22(27)25(24-20)23-19(26)12-16-11-14-6-7-15(16)10-14/h2-9,14-16H,10-12H2,1H3,(H,23,26)/t14-,15-,16+/m1/s1. The predicted molar refractivity (Wildman–Crippen MR) is 112 cm³/mol. The number of fused-ring (bicyclic) bond motifs is 3. The number of rotatable bonds is 4. The third-order valence-electron chi connectivity index (χ3n) is 5.98. The van der Waals surface area contributed by atoms with E-state index in [-0.39, 0.29) is 11.5 Å². The summed E-state index contributed by atoms with van der Waals surface area (Å²) in [7, 11) is 0. The Morgan fingerprint density at radius 3 is 2.71 bits per heavy atom. The molecule has 6 heteroatoms. The van der Waals surface area contributed by atoms with Crippen molar-refractivity contribution in [2.75, 3.05) is 5.43 Å². The van der Waals surface area contributed by atoms with Crippen molar-refractivity contribution < 1.29 is 4.79 Å². The summed E-state index contributed by atoms with van der Waals surface area (Å²) in [5, 5.41) is 7.91. The lowest BCUT2D eigenvalue weighted by molar-refractivity contribution is -0.118. The Labute approximate surface area is 166 Å². The van der Waals surface area contributed by atoms with Crippen LogP contribution in [0.4, 0.5) is 0 Å². The van der Waals surface area contributed by atoms with Crippen LogP contribution in [0.3, 0.4) is 0 Å². The van der Waals surface area contributed by atoms with Gasteiger partial charge in [0, 0.05) is 11.8 Å². The molecule has 1 amide bonds. The van der Waals surface area contributed by atoms with E-state index >= 15 is 0 Å². The molecule has 0 aliphatic heterocycles. The summed E-state index contributed by atoms with van der Waals surface area (Å²) in [6.07, 6.45) is 7.16. The molecule has 1 aromatic carbocycles. The van der Waals surface area contributed by atoms with Gasteiger partial charge in [-0.1, -0.05) is 30.4 Å². The van der Waals surface area contributed by atoms with E-state index in [4.69, 9.17) is 0 Å². The second kappa shape index (κ2) is 6.71. The van der Waals surface area contributed by atoms with Crippen LogP contribution in [0.15, 0.2) is 52.7 Å². The molecule has 142 valence electrons. The molecule has 0 unspecified atom stereocenters. The monoisotopic (exact) mass is 391 g/mol. The molecule has 2 aliphatic rings. The number of nitrogens with one attached hydrogen (secondary N) is 1. The summed E-state index contributed by atoms with van der Waals surface area (Å²) in [5.41, 5.74) is 4.28. The molecule has 0 spiro atoms. The predicted octanol–water partition coefficient (Wildman–Crippen LogP) is 4.11. The average molecular weight is 391 g/mol. The van der Waals surface area contributed by atoms with E-state index in [2.05, 4.69) is 22.7 Å². The zero-order chi connectivity index (χ0) is 19.3. The van der Waals surface area contributed by atoms with Crippen LogP contribution in [0.25, 0.3) is 21.3 Å². The molecule has 3 atom stereocenters. The van der Waals surface area contributed by atoms with Crippen LogP contribution >= 0.6 is 11.3 Å². The molecule has 5 nitrogen and oxygen atoms in total. The van der Waals surface area contributed by atoms with Crippen LogP contribution in [0, 0.1) is 24.7 Å². The Bertz CT molecular complexity index is 1160. The molecule has 2 heterocycles. The highest BCUT2D eigenvalue weighted by Gasteiger charge is 2.36. The van der Waals surface area contributed by atoms with E-state index in [9.17, 15) is 9.59 Å². The molecule has 5 rings (SSSR count). The number of benzene rings is 1. The SMILES string of the molecule is Cc1ccsc1-c1nn(NC(=O)C[C@@H]2C[C@@H]3C=C[C@@H]2C3)c(=O)c2ccccc12. The average Bonchev–Trinajstić information content (AvgIpc) is 3.41. The van der Waals surface area contributed by atoms with Crippen molar-refractivity contribution in [2.24, 2.45) is 17.8 Å². The van der Waals surface area contributed by atoms with Crippen molar-refractivity contribution in [2.45, 2.75) is 26.2 Å². The Morgan fingerprint density at radius 2 is 2.04 bits per heavy atom. The number of hydrogen-bond acceptors (Lipinski definition) is 4. The van der Waals surface area contributed by atoms with Gasteiger partial charge in [0.1, 0.15) is 5.69 Å². The molecule has 0 saturated heterocycles. The Morgan fingerprint density at radius 1 is 1.21 bits per heavy atom. The number of carbonyl (C=O) groups excluding carboxylic acids is 1. The zero-order valence-electron chi connectivity index (χ0n) is 15.6. The van der Waals surface area contributed by atoms with Gasteiger partial charge >= 0.3 is 0 Å². The summed E-state index contributed by atoms with van der Waals surface area (Å²) in [4.78, 5) is 27.7. The number of aromatic nitrogens is 2. The van der Waals surface area contributed by atoms with Crippen molar-refractivity contribution in [1.82, 2.24) is 9.89 Å². The maximum Gasteiger partial charge on any atom is 0.294 e. The van der Waals surface area contributed by atoms with Crippen molar-refractivity contribution in [1.29, 1.82) is 0 Å². The van der Waals surface area contributed by atoms with E-state index in [0.717, 1.165) is 39.2 Å². The summed E-state index contributed by atoms with van der Waals surface area (Å²) in [6.45, 7) is 2.03. The topological polar surface area (TPSA) is 64.0 Å². The molecule has 3 aromatic rings. The molecular formula is C22H21N3O2S. The van der Waals surface area contributed by atoms with Crippen molar-refractivity contribution >= 4 is 28.0 Å². The van der Waals surface area contributed by atoms with Crippen molar-refractivity contribution in [3.05, 3.63) is 63.8 Å². The number of carbonyl (C=O) groups is 1. The minimum Gasteiger partial charge on any atom is -0.273 e. The highest BCUT2D eigenvalue weighted by atomic mass is 32.1. The minimum absolute atomic E-state index is 0.148. The molecule has 1 saturated carbocycles. The zero-order valence-corrected chi connectivity index (χ0v) is 16.4. The van der Waals surface area contributed by atoms with Crippen LogP contribution in [-0.2, 0) is 4.79 Å². The van der Waals surface area contributed by atoms with Crippen LogP contribution in [0.1, 0.15) is 24.8 Å². The normalized spacial score (nSPS) is 22.8. The largest absolute Gasteiger partial charge is 0.294 e. The Hall–Kier alpha value is -2.73. The number of aryl methyl sites for hydroxylation is 1. The number of hydrogen-bond donors (Lipinski definition) is 1. The van der Waals surface area contributed by atoms with Crippen molar-refractivity contribution in [3.63, 3.8) is 0 Å². The molecular weight excluding hydrogens is 370 g/mol. The first-order valence-electron chi connectivity index (χ1n) is 9.65. The minimum atomic E-state index is -0.297. The summed E-state index contributed by atoms with van der Waals surface area (Å²) in [6, 6.07) is 9.47. The lowest BCUT2D eigenvalue weighted by atomic mass is 9.90. The number of thiophene rings is 1. The second-order valence-corrected chi connectivity index (χ2v) is 8.74. The maximum absolute atomic E-state index is 12.9. The van der Waals surface area contributed by atoms with Crippen LogP contribution in [-0.4, -0.2) is 15.8 Å². The number of amides is 1. The van der Waals surface area contributed by atoms with Gasteiger partial charge in [0.2, 0.25) is 5.91 Å². The van der Waals surface area contributed by atoms with Crippen LogP contribution < -0.4 is 11.0 Å². The molecule has 1 N–H and O–H groups in total. The van der Waals surface area contributed by atoms with Gasteiger partial charge in [0.15, 0.2) is 0 Å². The van der Waals surface area contributed by atoms with E-state index < -0.39 is 0 Å². The number of nitrogens with zero attached hydrogens (tertiary/aromatic N) is 2. The fraction of sp³-hybridized carbons (Fsp3) is 0.318. The van der Waals surface area contributed by atoms with Gasteiger partial charge in [0.25, 0.3) is 5.56 Å². The van der Waals surface area contributed by atoms with Crippen LogP contribution in [0.5, 0.6) is 0 Å².